The maximum absolute atomic E-state index is 12.3. The second-order valence-corrected chi connectivity index (χ2v) is 7.43. The van der Waals surface area contributed by atoms with Crippen LogP contribution >= 0.6 is 11.3 Å². The molecule has 0 saturated heterocycles. The number of hydrogen-bond donors (Lipinski definition) is 1. The van der Waals surface area contributed by atoms with Gasteiger partial charge in [-0.1, -0.05) is 54.6 Å². The lowest BCUT2D eigenvalue weighted by molar-refractivity contribution is -0.123. The zero-order valence-electron chi connectivity index (χ0n) is 15.6. The molecule has 0 bridgehead atoms. The van der Waals surface area contributed by atoms with Crippen molar-refractivity contribution < 1.29 is 9.53 Å². The highest BCUT2D eigenvalue weighted by atomic mass is 32.1. The van der Waals surface area contributed by atoms with Crippen LogP contribution in [0.1, 0.15) is 10.9 Å². The fourth-order valence-corrected chi connectivity index (χ4v) is 3.79. The van der Waals surface area contributed by atoms with Crippen LogP contribution < -0.4 is 10.1 Å². The van der Waals surface area contributed by atoms with Crippen molar-refractivity contribution in [3.8, 4) is 16.9 Å². The topological polar surface area (TPSA) is 41.6 Å². The third kappa shape index (κ3) is 5.18. The largest absolute Gasteiger partial charge is 0.483 e. The molecule has 3 aromatic rings. The predicted octanol–water partition coefficient (Wildman–Crippen LogP) is 4.21. The van der Waals surface area contributed by atoms with E-state index < -0.39 is 0 Å². The van der Waals surface area contributed by atoms with Crippen LogP contribution in [0.2, 0.25) is 0 Å². The summed E-state index contributed by atoms with van der Waals surface area (Å²) >= 11 is 1.70. The molecule has 3 rings (SSSR count). The van der Waals surface area contributed by atoms with E-state index in [9.17, 15) is 4.79 Å². The highest BCUT2D eigenvalue weighted by Gasteiger charge is 2.16. The summed E-state index contributed by atoms with van der Waals surface area (Å²) in [4.78, 5) is 15.7. The molecule has 0 aliphatic rings. The third-order valence-electron chi connectivity index (χ3n) is 4.32. The molecule has 0 fully saturated rings. The van der Waals surface area contributed by atoms with Gasteiger partial charge in [0.1, 0.15) is 5.75 Å². The van der Waals surface area contributed by atoms with Crippen LogP contribution in [-0.2, 0) is 4.79 Å². The van der Waals surface area contributed by atoms with Crippen molar-refractivity contribution in [2.24, 2.45) is 0 Å². The van der Waals surface area contributed by atoms with Gasteiger partial charge in [-0.2, -0.15) is 0 Å². The van der Waals surface area contributed by atoms with Gasteiger partial charge in [-0.05, 0) is 37.2 Å². The molecule has 4 nitrogen and oxygen atoms in total. The lowest BCUT2D eigenvalue weighted by Crippen LogP contribution is -2.36. The first-order valence-corrected chi connectivity index (χ1v) is 9.77. The average molecular weight is 381 g/mol. The Morgan fingerprint density at radius 1 is 1.04 bits per heavy atom. The number of carbonyl (C=O) groups is 1. The second-order valence-electron chi connectivity index (χ2n) is 6.45. The summed E-state index contributed by atoms with van der Waals surface area (Å²) in [5.41, 5.74) is 2.05. The Balaban J connectivity index is 1.58. The van der Waals surface area contributed by atoms with Gasteiger partial charge < -0.3 is 15.0 Å². The Morgan fingerprint density at radius 2 is 1.78 bits per heavy atom. The number of hydrogen-bond acceptors (Lipinski definition) is 4. The fourth-order valence-electron chi connectivity index (χ4n) is 2.87. The SMILES string of the molecule is CN(C)[C@@H](CNC(=O)COc1ccccc1-c1ccccc1)c1cccs1. The molecule has 140 valence electrons. The van der Waals surface area contributed by atoms with Gasteiger partial charge in [0, 0.05) is 17.0 Å². The molecule has 0 radical (unpaired) electrons. The van der Waals surface area contributed by atoms with E-state index in [2.05, 4.69) is 21.7 Å². The summed E-state index contributed by atoms with van der Waals surface area (Å²) in [5.74, 6) is 0.586. The molecule has 1 aromatic heterocycles. The molecule has 27 heavy (non-hydrogen) atoms. The van der Waals surface area contributed by atoms with Crippen molar-refractivity contribution in [3.63, 3.8) is 0 Å². The Labute approximate surface area is 164 Å². The fraction of sp³-hybridized carbons (Fsp3) is 0.227. The van der Waals surface area contributed by atoms with Crippen molar-refractivity contribution >= 4 is 17.2 Å². The molecular formula is C22H24N2O2S. The van der Waals surface area contributed by atoms with Crippen LogP contribution in [-0.4, -0.2) is 38.1 Å². The second kappa shape index (κ2) is 9.35. The quantitative estimate of drug-likeness (QED) is 0.636. The molecule has 1 atom stereocenters. The van der Waals surface area contributed by atoms with Crippen LogP contribution in [0.4, 0.5) is 0 Å². The van der Waals surface area contributed by atoms with Gasteiger partial charge in [-0.15, -0.1) is 11.3 Å². The Hall–Kier alpha value is -2.63. The molecule has 0 unspecified atom stereocenters. The number of ether oxygens (including phenoxy) is 1. The molecule has 1 N–H and O–H groups in total. The minimum atomic E-state index is -0.124. The number of carbonyl (C=O) groups excluding carboxylic acids is 1. The maximum Gasteiger partial charge on any atom is 0.258 e. The summed E-state index contributed by atoms with van der Waals surface area (Å²) < 4.78 is 5.81. The predicted molar refractivity (Wildman–Crippen MR) is 111 cm³/mol. The van der Waals surface area contributed by atoms with Crippen molar-refractivity contribution in [3.05, 3.63) is 77.0 Å². The van der Waals surface area contributed by atoms with Crippen LogP contribution in [0.5, 0.6) is 5.75 Å². The zero-order chi connectivity index (χ0) is 19.1. The summed E-state index contributed by atoms with van der Waals surface area (Å²) in [6.07, 6.45) is 0. The molecule has 0 aliphatic carbocycles. The van der Waals surface area contributed by atoms with E-state index in [0.29, 0.717) is 12.3 Å². The highest BCUT2D eigenvalue weighted by molar-refractivity contribution is 7.10. The van der Waals surface area contributed by atoms with Gasteiger partial charge in [-0.3, -0.25) is 4.79 Å². The van der Waals surface area contributed by atoms with Gasteiger partial charge in [0.2, 0.25) is 0 Å². The zero-order valence-corrected chi connectivity index (χ0v) is 16.4. The van der Waals surface area contributed by atoms with E-state index in [4.69, 9.17) is 4.74 Å². The maximum atomic E-state index is 12.3. The smallest absolute Gasteiger partial charge is 0.258 e. The summed E-state index contributed by atoms with van der Waals surface area (Å²) in [6, 6.07) is 22.1. The number of thiophene rings is 1. The van der Waals surface area contributed by atoms with E-state index in [0.717, 1.165) is 11.1 Å². The standard InChI is InChI=1S/C22H24N2O2S/c1-24(2)19(21-13-8-14-27-21)15-23-22(25)16-26-20-12-7-6-11-18(20)17-9-4-3-5-10-17/h3-14,19H,15-16H2,1-2H3,(H,23,25)/t19-/m0/s1. The number of amides is 1. The van der Waals surface area contributed by atoms with Crippen LogP contribution in [0, 0.1) is 0 Å². The van der Waals surface area contributed by atoms with Crippen LogP contribution in [0.25, 0.3) is 11.1 Å². The number of likely N-dealkylation sites (N-methyl/N-ethyl adjacent to an activating group) is 1. The number of para-hydroxylation sites is 1. The number of benzene rings is 2. The highest BCUT2D eigenvalue weighted by Crippen LogP contribution is 2.29. The first-order valence-electron chi connectivity index (χ1n) is 8.89. The average Bonchev–Trinajstić information content (AvgIpc) is 3.21. The number of nitrogens with zero attached hydrogens (tertiary/aromatic N) is 1. The minimum Gasteiger partial charge on any atom is -0.483 e. The molecular weight excluding hydrogens is 356 g/mol. The Morgan fingerprint density at radius 3 is 2.48 bits per heavy atom. The molecule has 0 aliphatic heterocycles. The van der Waals surface area contributed by atoms with Gasteiger partial charge in [0.15, 0.2) is 6.61 Å². The van der Waals surface area contributed by atoms with E-state index in [-0.39, 0.29) is 18.6 Å². The van der Waals surface area contributed by atoms with E-state index in [1.54, 1.807) is 11.3 Å². The molecule has 2 aromatic carbocycles. The first-order chi connectivity index (χ1) is 13.1. The molecule has 0 saturated carbocycles. The van der Waals surface area contributed by atoms with Crippen molar-refractivity contribution in [2.75, 3.05) is 27.2 Å². The van der Waals surface area contributed by atoms with Gasteiger partial charge in [-0.25, -0.2) is 0 Å². The van der Waals surface area contributed by atoms with Gasteiger partial charge >= 0.3 is 0 Å². The monoisotopic (exact) mass is 380 g/mol. The van der Waals surface area contributed by atoms with Gasteiger partial charge in [0.05, 0.1) is 6.04 Å². The van der Waals surface area contributed by atoms with E-state index >= 15 is 0 Å². The number of nitrogens with one attached hydrogen (secondary N) is 1. The lowest BCUT2D eigenvalue weighted by atomic mass is 10.1. The molecule has 5 heteroatoms. The Bertz CT molecular complexity index is 848. The van der Waals surface area contributed by atoms with Crippen LogP contribution in [0.15, 0.2) is 72.1 Å². The summed E-state index contributed by atoms with van der Waals surface area (Å²) in [6.45, 7) is 0.546. The van der Waals surface area contributed by atoms with Crippen molar-refractivity contribution in [1.82, 2.24) is 10.2 Å². The minimum absolute atomic E-state index is 0.00552. The molecule has 1 heterocycles. The molecule has 0 spiro atoms. The van der Waals surface area contributed by atoms with Crippen molar-refractivity contribution in [1.29, 1.82) is 0 Å². The third-order valence-corrected chi connectivity index (χ3v) is 5.29. The summed E-state index contributed by atoms with van der Waals surface area (Å²) in [5, 5.41) is 5.04. The first kappa shape index (κ1) is 19.1. The van der Waals surface area contributed by atoms with Crippen molar-refractivity contribution in [2.45, 2.75) is 6.04 Å². The van der Waals surface area contributed by atoms with Crippen LogP contribution in [0.3, 0.4) is 0 Å². The van der Waals surface area contributed by atoms with Gasteiger partial charge in [0.25, 0.3) is 5.91 Å². The van der Waals surface area contributed by atoms with E-state index in [1.807, 2.05) is 74.8 Å². The number of rotatable bonds is 8. The van der Waals surface area contributed by atoms with E-state index in [1.165, 1.54) is 4.88 Å². The Kier molecular flexibility index (Phi) is 6.63. The molecule has 1 amide bonds. The summed E-state index contributed by atoms with van der Waals surface area (Å²) in [7, 11) is 4.03. The normalized spacial score (nSPS) is 12.0. The lowest BCUT2D eigenvalue weighted by Gasteiger charge is -2.23.